The van der Waals surface area contributed by atoms with Crippen LogP contribution < -0.4 is 18.9 Å². The van der Waals surface area contributed by atoms with Gasteiger partial charge in [-0.25, -0.2) is 28.9 Å². The SMILES string of the molecule is CCOC(=O)/C=C\Cn1cnc(-c2cccc(Cl)c2)n1.O=C(O)/C=C\Cn1cnc(-c2cccc(Cl)c2)n1.[Li+].[OH-]. The summed E-state index contributed by atoms with van der Waals surface area (Å²) in [6.07, 6.45) is 8.77. The summed E-state index contributed by atoms with van der Waals surface area (Å²) in [5.74, 6) is -0.189. The van der Waals surface area contributed by atoms with Gasteiger partial charge in [-0.2, -0.15) is 10.2 Å². The van der Waals surface area contributed by atoms with Gasteiger partial charge in [0.05, 0.1) is 19.7 Å². The van der Waals surface area contributed by atoms with E-state index in [1.807, 2.05) is 24.3 Å². The Morgan fingerprint density at radius 3 is 1.77 bits per heavy atom. The van der Waals surface area contributed by atoms with Crippen molar-refractivity contribution in [3.63, 3.8) is 0 Å². The van der Waals surface area contributed by atoms with Crippen molar-refractivity contribution in [2.45, 2.75) is 20.0 Å². The molecule has 0 radical (unpaired) electrons. The summed E-state index contributed by atoms with van der Waals surface area (Å²) in [5.41, 5.74) is 1.68. The van der Waals surface area contributed by atoms with Crippen molar-refractivity contribution < 1.29 is 43.8 Å². The molecule has 0 bridgehead atoms. The maximum absolute atomic E-state index is 11.1. The molecule has 40 heavy (non-hydrogen) atoms. The van der Waals surface area contributed by atoms with Crippen LogP contribution in [0.15, 0.2) is 85.5 Å². The van der Waals surface area contributed by atoms with Gasteiger partial charge in [0, 0.05) is 33.3 Å². The summed E-state index contributed by atoms with van der Waals surface area (Å²) in [7, 11) is 0. The van der Waals surface area contributed by atoms with E-state index in [1.165, 1.54) is 12.2 Å². The van der Waals surface area contributed by atoms with Gasteiger partial charge in [-0.15, -0.1) is 0 Å². The molecule has 0 atom stereocenters. The second-order valence-corrected chi connectivity index (χ2v) is 8.37. The zero-order chi connectivity index (χ0) is 27.3. The fourth-order valence-corrected chi connectivity index (χ4v) is 3.37. The van der Waals surface area contributed by atoms with Gasteiger partial charge in [0.1, 0.15) is 12.7 Å². The van der Waals surface area contributed by atoms with Crippen molar-refractivity contribution in [1.82, 2.24) is 29.5 Å². The van der Waals surface area contributed by atoms with Gasteiger partial charge in [0.2, 0.25) is 0 Å². The number of carboxylic acids is 1. The number of halogens is 2. The van der Waals surface area contributed by atoms with Crippen LogP contribution in [0.25, 0.3) is 22.8 Å². The average Bonchev–Trinajstić information content (AvgIpc) is 3.55. The van der Waals surface area contributed by atoms with Crippen molar-refractivity contribution in [1.29, 1.82) is 0 Å². The van der Waals surface area contributed by atoms with E-state index in [0.29, 0.717) is 41.4 Å². The van der Waals surface area contributed by atoms with E-state index in [-0.39, 0.29) is 30.3 Å². The molecule has 11 nitrogen and oxygen atoms in total. The molecule has 4 rings (SSSR count). The number of hydrogen-bond donors (Lipinski definition) is 1. The fourth-order valence-electron chi connectivity index (χ4n) is 2.99. The molecule has 0 aliphatic carbocycles. The molecule has 0 saturated heterocycles. The van der Waals surface area contributed by atoms with Crippen LogP contribution in [-0.2, 0) is 27.4 Å². The molecule has 0 aliphatic heterocycles. The van der Waals surface area contributed by atoms with Gasteiger partial charge in [0.15, 0.2) is 11.6 Å². The number of carboxylic acid groups (broad SMARTS) is 1. The minimum absolute atomic E-state index is 0. The van der Waals surface area contributed by atoms with E-state index in [0.717, 1.165) is 17.2 Å². The van der Waals surface area contributed by atoms with Crippen molar-refractivity contribution >= 4 is 35.1 Å². The molecule has 0 saturated carbocycles. The molecule has 0 unspecified atom stereocenters. The van der Waals surface area contributed by atoms with Gasteiger partial charge in [-0.1, -0.05) is 59.6 Å². The van der Waals surface area contributed by atoms with Crippen LogP contribution in [0.4, 0.5) is 0 Å². The predicted octanol–water partition coefficient (Wildman–Crippen LogP) is 1.78. The Morgan fingerprint density at radius 2 is 1.35 bits per heavy atom. The first-order chi connectivity index (χ1) is 18.3. The molecule has 204 valence electrons. The quantitative estimate of drug-likeness (QED) is 0.178. The Hall–Kier alpha value is -3.72. The third kappa shape index (κ3) is 11.6. The molecule has 14 heteroatoms. The van der Waals surface area contributed by atoms with Crippen LogP contribution in [0.2, 0.25) is 10.0 Å². The fraction of sp³-hybridized carbons (Fsp3) is 0.154. The standard InChI is InChI=1S/C14H14ClN3O2.C12H10ClN3O2.Li.H2O/c1-2-20-13(19)7-4-8-18-10-16-14(17-18)11-5-3-6-12(15)9-11;13-10-4-1-3-9(7-10)12-14-8-16(15-12)6-2-5-11(17)18;;/h3-7,9-10H,2,8H2,1H3;1-5,7-8H,6H2,(H,17,18);;1H2/q;;+1;/p-1/b7-4-;5-2-;;. The molecule has 2 aromatic heterocycles. The second-order valence-electron chi connectivity index (χ2n) is 7.50. The molecular weight excluding hydrogens is 554 g/mol. The minimum Gasteiger partial charge on any atom is -0.870 e. The Balaban J connectivity index is 0.000000383. The Labute approximate surface area is 252 Å². The first-order valence-electron chi connectivity index (χ1n) is 11.4. The van der Waals surface area contributed by atoms with Crippen LogP contribution in [0.1, 0.15) is 6.92 Å². The summed E-state index contributed by atoms with van der Waals surface area (Å²) in [4.78, 5) is 29.8. The van der Waals surface area contributed by atoms with E-state index in [2.05, 4.69) is 20.2 Å². The van der Waals surface area contributed by atoms with E-state index in [9.17, 15) is 9.59 Å². The average molecular weight is 579 g/mol. The molecule has 4 aromatic rings. The summed E-state index contributed by atoms with van der Waals surface area (Å²) < 4.78 is 7.96. The minimum atomic E-state index is -0.981. The number of benzene rings is 2. The third-order valence-corrected chi connectivity index (χ3v) is 5.09. The number of hydrogen-bond acceptors (Lipinski definition) is 8. The van der Waals surface area contributed by atoms with Crippen LogP contribution in [0.3, 0.4) is 0 Å². The summed E-state index contributed by atoms with van der Waals surface area (Å²) in [6.45, 7) is 2.94. The van der Waals surface area contributed by atoms with Crippen molar-refractivity contribution in [3.8, 4) is 22.8 Å². The number of carbonyl (C=O) groups excluding carboxylic acids is 1. The summed E-state index contributed by atoms with van der Waals surface area (Å²) in [6, 6.07) is 14.6. The maximum atomic E-state index is 11.1. The third-order valence-electron chi connectivity index (χ3n) is 4.62. The van der Waals surface area contributed by atoms with Crippen molar-refractivity contribution in [2.75, 3.05) is 6.61 Å². The molecule has 2 heterocycles. The first-order valence-corrected chi connectivity index (χ1v) is 12.1. The smallest absolute Gasteiger partial charge is 0.870 e. The van der Waals surface area contributed by atoms with Crippen LogP contribution in [0.5, 0.6) is 0 Å². The summed E-state index contributed by atoms with van der Waals surface area (Å²) in [5, 5.41) is 18.2. The Bertz CT molecular complexity index is 1440. The number of rotatable bonds is 9. The number of esters is 1. The summed E-state index contributed by atoms with van der Waals surface area (Å²) >= 11 is 11.8. The van der Waals surface area contributed by atoms with Crippen LogP contribution in [-0.4, -0.2) is 58.7 Å². The first kappa shape index (κ1) is 34.3. The van der Waals surface area contributed by atoms with Gasteiger partial charge < -0.3 is 15.3 Å². The Kier molecular flexibility index (Phi) is 15.3. The van der Waals surface area contributed by atoms with E-state index < -0.39 is 5.97 Å². The number of allylic oxidation sites excluding steroid dienone is 2. The zero-order valence-corrected chi connectivity index (χ0v) is 23.3. The number of nitrogens with zero attached hydrogens (tertiary/aromatic N) is 6. The maximum Gasteiger partial charge on any atom is 1.00 e. The predicted molar refractivity (Wildman–Crippen MR) is 145 cm³/mol. The number of aromatic nitrogens is 6. The van der Waals surface area contributed by atoms with E-state index in [4.69, 9.17) is 33.0 Å². The van der Waals surface area contributed by atoms with Gasteiger partial charge in [-0.3, -0.25) is 0 Å². The molecule has 2 aromatic carbocycles. The zero-order valence-electron chi connectivity index (χ0n) is 21.8. The topological polar surface area (TPSA) is 155 Å². The van der Waals surface area contributed by atoms with Gasteiger partial charge in [-0.05, 0) is 31.2 Å². The molecule has 0 fully saturated rings. The number of ether oxygens (including phenoxy) is 1. The van der Waals surface area contributed by atoms with E-state index >= 15 is 0 Å². The number of carbonyl (C=O) groups is 2. The molecule has 0 amide bonds. The largest absolute Gasteiger partial charge is 1.00 e. The second kappa shape index (κ2) is 17.8. The molecule has 0 spiro atoms. The van der Waals surface area contributed by atoms with Gasteiger partial charge >= 0.3 is 30.8 Å². The van der Waals surface area contributed by atoms with Gasteiger partial charge in [0.25, 0.3) is 0 Å². The molecule has 0 aliphatic rings. The monoisotopic (exact) mass is 578 g/mol. The van der Waals surface area contributed by atoms with Crippen molar-refractivity contribution in [2.24, 2.45) is 0 Å². The van der Waals surface area contributed by atoms with Crippen LogP contribution >= 0.6 is 23.2 Å². The number of aliphatic carboxylic acids is 1. The Morgan fingerprint density at radius 1 is 0.875 bits per heavy atom. The van der Waals surface area contributed by atoms with E-state index in [1.54, 1.807) is 59.3 Å². The van der Waals surface area contributed by atoms with Crippen LogP contribution in [0, 0.1) is 0 Å². The van der Waals surface area contributed by atoms with Crippen molar-refractivity contribution in [3.05, 3.63) is 95.5 Å². The normalized spacial score (nSPS) is 10.4. The molecular formula is C26H25Cl2LiN6O5. The molecule has 2 N–H and O–H groups in total.